The lowest BCUT2D eigenvalue weighted by atomic mass is 10.1. The van der Waals surface area contributed by atoms with Crippen molar-refractivity contribution in [1.29, 1.82) is 0 Å². The number of rotatable bonds is 5. The third-order valence-corrected chi connectivity index (χ3v) is 4.13. The molecule has 2 rings (SSSR count). The first-order valence-electron chi connectivity index (χ1n) is 8.04. The summed E-state index contributed by atoms with van der Waals surface area (Å²) in [6, 6.07) is 4.94. The number of carbonyl (C=O) groups excluding carboxylic acids is 2. The standard InChI is InChI=1S/C17H23ClN2O3/c1-3-23-12(2)16(21)19-15-11-13(18)7-8-14(15)17(22)20-9-5-4-6-10-20/h7-8,11-12H,3-6,9-10H2,1-2H3,(H,19,21)/t12-/m0/s1. The zero-order valence-electron chi connectivity index (χ0n) is 13.6. The molecule has 1 aliphatic rings. The van der Waals surface area contributed by atoms with Crippen molar-refractivity contribution in [3.8, 4) is 0 Å². The average Bonchev–Trinajstić information content (AvgIpc) is 2.55. The normalized spacial score (nSPS) is 16.0. The zero-order valence-corrected chi connectivity index (χ0v) is 14.4. The molecule has 1 aromatic rings. The molecule has 0 unspecified atom stereocenters. The molecule has 0 aliphatic carbocycles. The molecule has 0 aromatic heterocycles. The van der Waals surface area contributed by atoms with E-state index in [-0.39, 0.29) is 11.8 Å². The number of hydrogen-bond donors (Lipinski definition) is 1. The van der Waals surface area contributed by atoms with Crippen LogP contribution < -0.4 is 5.32 Å². The summed E-state index contributed by atoms with van der Waals surface area (Å²) < 4.78 is 5.28. The Balaban J connectivity index is 2.19. The summed E-state index contributed by atoms with van der Waals surface area (Å²) in [7, 11) is 0. The Bertz CT molecular complexity index is 571. The number of benzene rings is 1. The summed E-state index contributed by atoms with van der Waals surface area (Å²) in [4.78, 5) is 26.7. The van der Waals surface area contributed by atoms with Crippen molar-refractivity contribution in [2.45, 2.75) is 39.2 Å². The quantitative estimate of drug-likeness (QED) is 0.895. The van der Waals surface area contributed by atoms with Gasteiger partial charge in [-0.15, -0.1) is 0 Å². The lowest BCUT2D eigenvalue weighted by Crippen LogP contribution is -2.36. The summed E-state index contributed by atoms with van der Waals surface area (Å²) in [6.45, 7) is 5.46. The van der Waals surface area contributed by atoms with Crippen molar-refractivity contribution in [1.82, 2.24) is 4.90 Å². The number of halogens is 1. The number of hydrogen-bond acceptors (Lipinski definition) is 3. The van der Waals surface area contributed by atoms with Gasteiger partial charge in [-0.05, 0) is 51.3 Å². The molecule has 0 bridgehead atoms. The van der Waals surface area contributed by atoms with Crippen LogP contribution in [0, 0.1) is 0 Å². The highest BCUT2D eigenvalue weighted by molar-refractivity contribution is 6.31. The van der Waals surface area contributed by atoms with Crippen molar-refractivity contribution < 1.29 is 14.3 Å². The lowest BCUT2D eigenvalue weighted by molar-refractivity contribution is -0.126. The predicted octanol–water partition coefficient (Wildman–Crippen LogP) is 3.33. The van der Waals surface area contributed by atoms with Gasteiger partial charge in [-0.25, -0.2) is 0 Å². The van der Waals surface area contributed by atoms with Gasteiger partial charge in [0.25, 0.3) is 11.8 Å². The van der Waals surface area contributed by atoms with Gasteiger partial charge in [-0.1, -0.05) is 11.6 Å². The molecule has 0 radical (unpaired) electrons. The molecule has 126 valence electrons. The van der Waals surface area contributed by atoms with Crippen molar-refractivity contribution in [2.24, 2.45) is 0 Å². The fourth-order valence-corrected chi connectivity index (χ4v) is 2.81. The maximum Gasteiger partial charge on any atom is 0.255 e. The van der Waals surface area contributed by atoms with Gasteiger partial charge in [-0.2, -0.15) is 0 Å². The SMILES string of the molecule is CCO[C@@H](C)C(=O)Nc1cc(Cl)ccc1C(=O)N1CCCCC1. The first-order chi connectivity index (χ1) is 11.0. The van der Waals surface area contributed by atoms with E-state index in [9.17, 15) is 9.59 Å². The molecule has 1 fully saturated rings. The Kier molecular flexibility index (Phi) is 6.42. The highest BCUT2D eigenvalue weighted by Gasteiger charge is 2.23. The van der Waals surface area contributed by atoms with E-state index in [2.05, 4.69) is 5.32 Å². The second-order valence-electron chi connectivity index (χ2n) is 5.63. The van der Waals surface area contributed by atoms with Crippen molar-refractivity contribution >= 4 is 29.1 Å². The molecule has 2 amide bonds. The second-order valence-corrected chi connectivity index (χ2v) is 6.07. The number of ether oxygens (including phenoxy) is 1. The zero-order chi connectivity index (χ0) is 16.8. The molecule has 6 heteroatoms. The van der Waals surface area contributed by atoms with E-state index in [1.165, 1.54) is 0 Å². The Morgan fingerprint density at radius 3 is 2.65 bits per heavy atom. The van der Waals surface area contributed by atoms with Crippen LogP contribution in [0.1, 0.15) is 43.5 Å². The van der Waals surface area contributed by atoms with Crippen LogP contribution in [-0.2, 0) is 9.53 Å². The maximum atomic E-state index is 12.7. The molecule has 0 saturated carbocycles. The van der Waals surface area contributed by atoms with Gasteiger partial charge in [-0.3, -0.25) is 9.59 Å². The predicted molar refractivity (Wildman–Crippen MR) is 90.9 cm³/mol. The molecule has 5 nitrogen and oxygen atoms in total. The van der Waals surface area contributed by atoms with Gasteiger partial charge in [0, 0.05) is 24.7 Å². The van der Waals surface area contributed by atoms with E-state index in [0.717, 1.165) is 32.4 Å². The maximum absolute atomic E-state index is 12.7. The molecule has 0 spiro atoms. The van der Waals surface area contributed by atoms with Crippen LogP contribution in [0.15, 0.2) is 18.2 Å². The molecular weight excluding hydrogens is 316 g/mol. The van der Waals surface area contributed by atoms with E-state index < -0.39 is 6.10 Å². The minimum Gasteiger partial charge on any atom is -0.369 e. The largest absolute Gasteiger partial charge is 0.369 e. The van der Waals surface area contributed by atoms with Crippen LogP contribution in [0.5, 0.6) is 0 Å². The third kappa shape index (κ3) is 4.69. The number of nitrogens with one attached hydrogen (secondary N) is 1. The number of anilines is 1. The summed E-state index contributed by atoms with van der Waals surface area (Å²) in [5.74, 6) is -0.359. The van der Waals surface area contributed by atoms with Crippen LogP contribution in [0.2, 0.25) is 5.02 Å². The Labute approximate surface area is 141 Å². The van der Waals surface area contributed by atoms with Gasteiger partial charge in [0.05, 0.1) is 11.3 Å². The molecule has 23 heavy (non-hydrogen) atoms. The van der Waals surface area contributed by atoms with Crippen molar-refractivity contribution in [2.75, 3.05) is 25.0 Å². The minimum absolute atomic E-state index is 0.0688. The molecule has 1 N–H and O–H groups in total. The lowest BCUT2D eigenvalue weighted by Gasteiger charge is -2.27. The summed E-state index contributed by atoms with van der Waals surface area (Å²) in [5.41, 5.74) is 0.901. The topological polar surface area (TPSA) is 58.6 Å². The molecule has 1 aliphatic heterocycles. The van der Waals surface area contributed by atoms with Gasteiger partial charge in [0.1, 0.15) is 6.10 Å². The van der Waals surface area contributed by atoms with Gasteiger partial charge in [0.15, 0.2) is 0 Å². The van der Waals surface area contributed by atoms with Crippen LogP contribution in [-0.4, -0.2) is 42.5 Å². The minimum atomic E-state index is -0.586. The van der Waals surface area contributed by atoms with Gasteiger partial charge >= 0.3 is 0 Å². The molecular formula is C17H23ClN2O3. The summed E-state index contributed by atoms with van der Waals surface area (Å²) in [5, 5.41) is 3.23. The first-order valence-corrected chi connectivity index (χ1v) is 8.42. The number of nitrogens with zero attached hydrogens (tertiary/aromatic N) is 1. The Hall–Kier alpha value is -1.59. The summed E-state index contributed by atoms with van der Waals surface area (Å²) >= 11 is 6.02. The monoisotopic (exact) mass is 338 g/mol. The van der Waals surface area contributed by atoms with Gasteiger partial charge in [0.2, 0.25) is 0 Å². The first kappa shape index (κ1) is 17.8. The van der Waals surface area contributed by atoms with Gasteiger partial charge < -0.3 is 15.0 Å². The van der Waals surface area contributed by atoms with Crippen molar-refractivity contribution in [3.63, 3.8) is 0 Å². The third-order valence-electron chi connectivity index (χ3n) is 3.90. The van der Waals surface area contributed by atoms with Crippen LogP contribution in [0.25, 0.3) is 0 Å². The Morgan fingerprint density at radius 2 is 2.00 bits per heavy atom. The Morgan fingerprint density at radius 1 is 1.30 bits per heavy atom. The van der Waals surface area contributed by atoms with Crippen molar-refractivity contribution in [3.05, 3.63) is 28.8 Å². The number of likely N-dealkylation sites (tertiary alicyclic amines) is 1. The number of carbonyl (C=O) groups is 2. The highest BCUT2D eigenvalue weighted by atomic mass is 35.5. The van der Waals surface area contributed by atoms with E-state index in [0.29, 0.717) is 22.9 Å². The summed E-state index contributed by atoms with van der Waals surface area (Å²) in [6.07, 6.45) is 2.60. The molecule has 1 atom stereocenters. The van der Waals surface area contributed by atoms with E-state index in [1.54, 1.807) is 25.1 Å². The smallest absolute Gasteiger partial charge is 0.255 e. The fourth-order valence-electron chi connectivity index (χ4n) is 2.63. The number of amides is 2. The van der Waals surface area contributed by atoms with E-state index in [4.69, 9.17) is 16.3 Å². The van der Waals surface area contributed by atoms with Crippen LogP contribution in [0.4, 0.5) is 5.69 Å². The number of piperidine rings is 1. The second kappa shape index (κ2) is 8.31. The highest BCUT2D eigenvalue weighted by Crippen LogP contribution is 2.24. The van der Waals surface area contributed by atoms with E-state index >= 15 is 0 Å². The average molecular weight is 339 g/mol. The van der Waals surface area contributed by atoms with Crippen LogP contribution >= 0.6 is 11.6 Å². The molecule has 1 aromatic carbocycles. The van der Waals surface area contributed by atoms with Crippen LogP contribution in [0.3, 0.4) is 0 Å². The van der Waals surface area contributed by atoms with E-state index in [1.807, 2.05) is 11.8 Å². The fraction of sp³-hybridized carbons (Fsp3) is 0.529. The molecule has 1 saturated heterocycles. The molecule has 1 heterocycles.